The van der Waals surface area contributed by atoms with Crippen LogP contribution in [-0.4, -0.2) is 4.92 Å². The Morgan fingerprint density at radius 3 is 2.85 bits per heavy atom. The molecule has 0 saturated carbocycles. The summed E-state index contributed by atoms with van der Waals surface area (Å²) < 4.78 is 4.85. The molecular formula is C8H6ClNO3. The average Bonchev–Trinajstić information content (AvgIpc) is 2.08. The summed E-state index contributed by atoms with van der Waals surface area (Å²) in [4.78, 5) is 9.83. The molecule has 0 aliphatic rings. The van der Waals surface area contributed by atoms with Gasteiger partial charge in [-0.2, -0.15) is 0 Å². The fourth-order valence-corrected chi connectivity index (χ4v) is 0.948. The Morgan fingerprint density at radius 1 is 1.62 bits per heavy atom. The lowest BCUT2D eigenvalue weighted by atomic mass is 10.3. The molecular weight excluding hydrogens is 194 g/mol. The van der Waals surface area contributed by atoms with Crippen LogP contribution in [0.4, 0.5) is 5.69 Å². The van der Waals surface area contributed by atoms with E-state index in [-0.39, 0.29) is 11.4 Å². The Balaban J connectivity index is 3.10. The van der Waals surface area contributed by atoms with Gasteiger partial charge in [0, 0.05) is 6.07 Å². The first-order valence-electron chi connectivity index (χ1n) is 3.36. The summed E-state index contributed by atoms with van der Waals surface area (Å²) >= 11 is 5.68. The van der Waals surface area contributed by atoms with Crippen molar-refractivity contribution in [2.24, 2.45) is 0 Å². The second kappa shape index (κ2) is 3.91. The Morgan fingerprint density at radius 2 is 2.31 bits per heavy atom. The number of hydrogen-bond donors (Lipinski definition) is 0. The molecule has 0 fully saturated rings. The Labute approximate surface area is 79.5 Å². The number of ether oxygens (including phenoxy) is 1. The second-order valence-corrected chi connectivity index (χ2v) is 2.56. The van der Waals surface area contributed by atoms with Crippen molar-refractivity contribution in [3.8, 4) is 5.75 Å². The Kier molecular flexibility index (Phi) is 2.87. The van der Waals surface area contributed by atoms with E-state index in [4.69, 9.17) is 16.3 Å². The Bertz CT molecular complexity index is 351. The molecule has 1 aromatic rings. The normalized spacial score (nSPS) is 9.31. The average molecular weight is 200 g/mol. The first-order chi connectivity index (χ1) is 6.15. The topological polar surface area (TPSA) is 52.4 Å². The number of halogens is 1. The fourth-order valence-electron chi connectivity index (χ4n) is 0.786. The van der Waals surface area contributed by atoms with Crippen LogP contribution in [0.25, 0.3) is 0 Å². The fraction of sp³-hybridized carbons (Fsp3) is 0. The molecule has 4 nitrogen and oxygen atoms in total. The van der Waals surface area contributed by atoms with Gasteiger partial charge in [0.05, 0.1) is 22.3 Å². The third kappa shape index (κ3) is 2.19. The molecule has 1 aromatic carbocycles. The van der Waals surface area contributed by atoms with E-state index in [0.29, 0.717) is 5.02 Å². The number of nitrogens with zero attached hydrogens (tertiary/aromatic N) is 1. The van der Waals surface area contributed by atoms with E-state index in [9.17, 15) is 10.1 Å². The first kappa shape index (κ1) is 9.54. The summed E-state index contributed by atoms with van der Waals surface area (Å²) in [6.45, 7) is 3.32. The van der Waals surface area contributed by atoms with Gasteiger partial charge in [-0.05, 0) is 6.07 Å². The summed E-state index contributed by atoms with van der Waals surface area (Å²) in [5.74, 6) is 0.228. The van der Waals surface area contributed by atoms with Gasteiger partial charge in [0.15, 0.2) is 5.75 Å². The van der Waals surface area contributed by atoms with Crippen LogP contribution in [0.5, 0.6) is 5.75 Å². The Hall–Kier alpha value is -1.55. The molecule has 0 aromatic heterocycles. The quantitative estimate of drug-likeness (QED) is 0.427. The van der Waals surface area contributed by atoms with Crippen molar-refractivity contribution in [3.63, 3.8) is 0 Å². The highest BCUT2D eigenvalue weighted by Gasteiger charge is 2.09. The molecule has 0 amide bonds. The van der Waals surface area contributed by atoms with Crippen molar-refractivity contribution in [1.82, 2.24) is 0 Å². The van der Waals surface area contributed by atoms with E-state index in [2.05, 4.69) is 6.58 Å². The van der Waals surface area contributed by atoms with Crippen LogP contribution in [0, 0.1) is 10.1 Å². The zero-order valence-electron chi connectivity index (χ0n) is 6.57. The van der Waals surface area contributed by atoms with Crippen molar-refractivity contribution in [1.29, 1.82) is 0 Å². The minimum absolute atomic E-state index is 0.0683. The predicted octanol–water partition coefficient (Wildman–Crippen LogP) is 2.77. The lowest BCUT2D eigenvalue weighted by Gasteiger charge is -2.01. The van der Waals surface area contributed by atoms with Gasteiger partial charge >= 0.3 is 0 Å². The van der Waals surface area contributed by atoms with E-state index in [1.165, 1.54) is 18.2 Å². The van der Waals surface area contributed by atoms with Gasteiger partial charge in [-0.25, -0.2) is 0 Å². The summed E-state index contributed by atoms with van der Waals surface area (Å²) in [5, 5.41) is 10.7. The maximum atomic E-state index is 10.3. The van der Waals surface area contributed by atoms with Crippen LogP contribution >= 0.6 is 11.6 Å². The largest absolute Gasteiger partial charge is 0.464 e. The van der Waals surface area contributed by atoms with Gasteiger partial charge in [0.1, 0.15) is 0 Å². The van der Waals surface area contributed by atoms with Crippen LogP contribution in [0.1, 0.15) is 0 Å². The third-order valence-corrected chi connectivity index (χ3v) is 1.65. The molecule has 0 aliphatic heterocycles. The lowest BCUT2D eigenvalue weighted by molar-refractivity contribution is -0.384. The van der Waals surface area contributed by atoms with Crippen LogP contribution < -0.4 is 4.74 Å². The molecule has 0 saturated heterocycles. The number of nitro groups is 1. The molecule has 68 valence electrons. The summed E-state index contributed by atoms with van der Waals surface area (Å²) in [7, 11) is 0. The number of hydrogen-bond acceptors (Lipinski definition) is 3. The minimum Gasteiger partial charge on any atom is -0.464 e. The molecule has 0 unspecified atom stereocenters. The molecule has 0 bridgehead atoms. The number of benzene rings is 1. The maximum absolute atomic E-state index is 10.3. The molecule has 5 heteroatoms. The number of nitro benzene ring substituents is 1. The van der Waals surface area contributed by atoms with Crippen LogP contribution in [-0.2, 0) is 0 Å². The highest BCUT2D eigenvalue weighted by Crippen LogP contribution is 2.28. The molecule has 13 heavy (non-hydrogen) atoms. The van der Waals surface area contributed by atoms with Gasteiger partial charge in [-0.1, -0.05) is 18.2 Å². The van der Waals surface area contributed by atoms with Crippen LogP contribution in [0.15, 0.2) is 31.0 Å². The summed E-state index contributed by atoms with van der Waals surface area (Å²) in [5.41, 5.74) is -0.0683. The zero-order chi connectivity index (χ0) is 9.84. The van der Waals surface area contributed by atoms with Crippen molar-refractivity contribution in [2.75, 3.05) is 0 Å². The van der Waals surface area contributed by atoms with E-state index < -0.39 is 4.92 Å². The first-order valence-corrected chi connectivity index (χ1v) is 3.74. The third-order valence-electron chi connectivity index (χ3n) is 1.34. The summed E-state index contributed by atoms with van der Waals surface area (Å²) in [6.07, 6.45) is 1.16. The number of non-ortho nitro benzene ring substituents is 1. The van der Waals surface area contributed by atoms with Crippen molar-refractivity contribution in [3.05, 3.63) is 46.2 Å². The summed E-state index contributed by atoms with van der Waals surface area (Å²) in [6, 6.07) is 3.95. The van der Waals surface area contributed by atoms with E-state index in [0.717, 1.165) is 6.26 Å². The smallest absolute Gasteiger partial charge is 0.273 e. The molecule has 0 spiro atoms. The van der Waals surface area contributed by atoms with E-state index in [1.54, 1.807) is 0 Å². The second-order valence-electron chi connectivity index (χ2n) is 2.16. The van der Waals surface area contributed by atoms with Gasteiger partial charge in [0.2, 0.25) is 0 Å². The molecule has 1 rings (SSSR count). The van der Waals surface area contributed by atoms with Crippen LogP contribution in [0.3, 0.4) is 0 Å². The van der Waals surface area contributed by atoms with E-state index in [1.807, 2.05) is 0 Å². The van der Waals surface area contributed by atoms with Gasteiger partial charge < -0.3 is 4.74 Å². The van der Waals surface area contributed by atoms with E-state index >= 15 is 0 Å². The molecule has 0 N–H and O–H groups in total. The highest BCUT2D eigenvalue weighted by atomic mass is 35.5. The number of rotatable bonds is 3. The van der Waals surface area contributed by atoms with Crippen molar-refractivity contribution in [2.45, 2.75) is 0 Å². The van der Waals surface area contributed by atoms with Crippen molar-refractivity contribution < 1.29 is 9.66 Å². The molecule has 0 aliphatic carbocycles. The minimum atomic E-state index is -0.522. The standard InChI is InChI=1S/C8H6ClNO3/c1-2-13-8-5-6(10(11)12)3-4-7(8)9/h2-5H,1H2. The highest BCUT2D eigenvalue weighted by molar-refractivity contribution is 6.32. The zero-order valence-corrected chi connectivity index (χ0v) is 7.32. The molecule has 0 heterocycles. The van der Waals surface area contributed by atoms with Gasteiger partial charge in [-0.3, -0.25) is 10.1 Å². The SMILES string of the molecule is C=COc1cc([N+](=O)[O-])ccc1Cl. The lowest BCUT2D eigenvalue weighted by Crippen LogP contribution is -1.89. The maximum Gasteiger partial charge on any atom is 0.273 e. The molecule has 0 atom stereocenters. The monoisotopic (exact) mass is 199 g/mol. The van der Waals surface area contributed by atoms with Crippen molar-refractivity contribution >= 4 is 17.3 Å². The predicted molar refractivity (Wildman–Crippen MR) is 48.9 cm³/mol. The van der Waals surface area contributed by atoms with Gasteiger partial charge in [-0.15, -0.1) is 0 Å². The van der Waals surface area contributed by atoms with Crippen LogP contribution in [0.2, 0.25) is 5.02 Å². The van der Waals surface area contributed by atoms with Gasteiger partial charge in [0.25, 0.3) is 5.69 Å². The molecule has 0 radical (unpaired) electrons.